The molecule has 0 saturated carbocycles. The maximum absolute atomic E-state index is 11.2. The Morgan fingerprint density at radius 2 is 2.42 bits per heavy atom. The van der Waals surface area contributed by atoms with E-state index in [1.54, 1.807) is 6.92 Å². The van der Waals surface area contributed by atoms with Crippen LogP contribution in [0.3, 0.4) is 0 Å². The van der Waals surface area contributed by atoms with Crippen molar-refractivity contribution in [3.8, 4) is 5.19 Å². The zero-order chi connectivity index (χ0) is 9.14. The Balaban J connectivity index is 2.99. The number of carbonyl (C=O) groups excluding carboxylic acids is 1. The van der Waals surface area contributed by atoms with Crippen LogP contribution in [0.2, 0.25) is 0 Å². The first-order valence-electron chi connectivity index (χ1n) is 3.43. The Hall–Kier alpha value is -0.940. The van der Waals surface area contributed by atoms with Gasteiger partial charge < -0.3 is 10.5 Å². The molecule has 5 heteroatoms. The van der Waals surface area contributed by atoms with Crippen LogP contribution in [0.15, 0.2) is 0 Å². The fourth-order valence-corrected chi connectivity index (χ4v) is 1.64. The molecule has 1 rings (SSSR count). The zero-order valence-corrected chi connectivity index (χ0v) is 7.77. The summed E-state index contributed by atoms with van der Waals surface area (Å²) < 4.78 is 4.88. The molecule has 2 N–H and O–H groups in total. The molecule has 0 saturated heterocycles. The maximum atomic E-state index is 11.2. The van der Waals surface area contributed by atoms with Crippen LogP contribution < -0.4 is 10.5 Å². The average Bonchev–Trinajstić information content (AvgIpc) is 2.45. The van der Waals surface area contributed by atoms with Gasteiger partial charge in [-0.25, -0.2) is 4.98 Å². The lowest BCUT2D eigenvalue weighted by atomic mass is 10.3. The SMILES string of the molecule is COc1nc(C)c(C(=O)CN)s1. The molecule has 0 bridgehead atoms. The van der Waals surface area contributed by atoms with Crippen molar-refractivity contribution in [3.05, 3.63) is 10.6 Å². The fraction of sp³-hybridized carbons (Fsp3) is 0.429. The lowest BCUT2D eigenvalue weighted by Gasteiger charge is -1.90. The molecule has 0 fully saturated rings. The molecule has 0 amide bonds. The molecule has 1 heterocycles. The van der Waals surface area contributed by atoms with Gasteiger partial charge in [0, 0.05) is 0 Å². The monoisotopic (exact) mass is 186 g/mol. The number of nitrogens with zero attached hydrogens (tertiary/aromatic N) is 1. The highest BCUT2D eigenvalue weighted by Gasteiger charge is 2.13. The molecule has 0 aliphatic heterocycles. The number of hydrogen-bond acceptors (Lipinski definition) is 5. The van der Waals surface area contributed by atoms with Crippen molar-refractivity contribution in [1.29, 1.82) is 0 Å². The summed E-state index contributed by atoms with van der Waals surface area (Å²) in [6.07, 6.45) is 0. The summed E-state index contributed by atoms with van der Waals surface area (Å²) in [5.41, 5.74) is 5.90. The van der Waals surface area contributed by atoms with Gasteiger partial charge in [-0.05, 0) is 6.92 Å². The molecule has 1 aromatic heterocycles. The highest BCUT2D eigenvalue weighted by molar-refractivity contribution is 7.15. The van der Waals surface area contributed by atoms with E-state index in [4.69, 9.17) is 10.5 Å². The van der Waals surface area contributed by atoms with Crippen molar-refractivity contribution in [2.24, 2.45) is 5.73 Å². The second-order valence-corrected chi connectivity index (χ2v) is 3.19. The summed E-state index contributed by atoms with van der Waals surface area (Å²) in [5.74, 6) is -0.0895. The first-order chi connectivity index (χ1) is 5.69. The van der Waals surface area contributed by atoms with Crippen LogP contribution in [0.25, 0.3) is 0 Å². The minimum absolute atomic E-state index is 0.0200. The quantitative estimate of drug-likeness (QED) is 0.702. The topological polar surface area (TPSA) is 65.2 Å². The zero-order valence-electron chi connectivity index (χ0n) is 6.96. The van der Waals surface area contributed by atoms with Crippen molar-refractivity contribution in [2.75, 3.05) is 13.7 Å². The van der Waals surface area contributed by atoms with Crippen LogP contribution in [0, 0.1) is 6.92 Å². The van der Waals surface area contributed by atoms with Gasteiger partial charge in [0.25, 0.3) is 5.19 Å². The number of hydrogen-bond donors (Lipinski definition) is 1. The summed E-state index contributed by atoms with van der Waals surface area (Å²) >= 11 is 1.23. The van der Waals surface area contributed by atoms with Crippen LogP contribution in [-0.4, -0.2) is 24.4 Å². The summed E-state index contributed by atoms with van der Waals surface area (Å²) in [6.45, 7) is 1.79. The number of nitrogens with two attached hydrogens (primary N) is 1. The molecule has 0 aromatic carbocycles. The number of carbonyl (C=O) groups is 1. The van der Waals surface area contributed by atoms with Gasteiger partial charge in [0.1, 0.15) is 0 Å². The average molecular weight is 186 g/mol. The van der Waals surface area contributed by atoms with E-state index in [0.717, 1.165) is 0 Å². The lowest BCUT2D eigenvalue weighted by Crippen LogP contribution is -2.13. The molecule has 66 valence electrons. The number of aryl methyl sites for hydroxylation is 1. The van der Waals surface area contributed by atoms with Gasteiger partial charge in [-0.15, -0.1) is 0 Å². The highest BCUT2D eigenvalue weighted by Crippen LogP contribution is 2.24. The Kier molecular flexibility index (Phi) is 2.78. The molecular weight excluding hydrogens is 176 g/mol. The molecule has 0 aliphatic carbocycles. The van der Waals surface area contributed by atoms with E-state index in [0.29, 0.717) is 15.8 Å². The Morgan fingerprint density at radius 3 is 2.83 bits per heavy atom. The summed E-state index contributed by atoms with van der Waals surface area (Å²) in [7, 11) is 1.52. The van der Waals surface area contributed by atoms with E-state index in [1.807, 2.05) is 0 Å². The normalized spacial score (nSPS) is 9.92. The van der Waals surface area contributed by atoms with Gasteiger partial charge in [-0.2, -0.15) is 0 Å². The predicted molar refractivity (Wildman–Crippen MR) is 46.8 cm³/mol. The molecule has 4 nitrogen and oxygen atoms in total. The second kappa shape index (κ2) is 3.64. The highest BCUT2D eigenvalue weighted by atomic mass is 32.1. The molecule has 0 unspecified atom stereocenters. The van der Waals surface area contributed by atoms with Crippen LogP contribution in [0.5, 0.6) is 5.19 Å². The minimum atomic E-state index is -0.0895. The first-order valence-corrected chi connectivity index (χ1v) is 4.25. The number of ether oxygens (including phenoxy) is 1. The molecule has 0 radical (unpaired) electrons. The van der Waals surface area contributed by atoms with Crippen molar-refractivity contribution < 1.29 is 9.53 Å². The van der Waals surface area contributed by atoms with E-state index in [-0.39, 0.29) is 12.3 Å². The van der Waals surface area contributed by atoms with Gasteiger partial charge in [-0.3, -0.25) is 4.79 Å². The van der Waals surface area contributed by atoms with E-state index in [1.165, 1.54) is 18.4 Å². The Morgan fingerprint density at radius 1 is 1.75 bits per heavy atom. The number of rotatable bonds is 3. The third kappa shape index (κ3) is 1.62. The summed E-state index contributed by atoms with van der Waals surface area (Å²) in [4.78, 5) is 15.8. The smallest absolute Gasteiger partial charge is 0.273 e. The largest absolute Gasteiger partial charge is 0.473 e. The van der Waals surface area contributed by atoms with Crippen LogP contribution in [0.1, 0.15) is 15.4 Å². The third-order valence-electron chi connectivity index (χ3n) is 1.39. The van der Waals surface area contributed by atoms with E-state index in [2.05, 4.69) is 4.98 Å². The maximum Gasteiger partial charge on any atom is 0.273 e. The number of thiazole rings is 1. The molecule has 0 spiro atoms. The number of ketones is 1. The van der Waals surface area contributed by atoms with Crippen molar-refractivity contribution in [2.45, 2.75) is 6.92 Å². The molecule has 12 heavy (non-hydrogen) atoms. The van der Waals surface area contributed by atoms with E-state index >= 15 is 0 Å². The van der Waals surface area contributed by atoms with E-state index in [9.17, 15) is 4.79 Å². The standard InChI is InChI=1S/C7H10N2O2S/c1-4-6(5(10)3-8)12-7(9-4)11-2/h3,8H2,1-2H3. The van der Waals surface area contributed by atoms with Crippen molar-refractivity contribution in [1.82, 2.24) is 4.98 Å². The minimum Gasteiger partial charge on any atom is -0.473 e. The van der Waals surface area contributed by atoms with E-state index < -0.39 is 0 Å². The second-order valence-electron chi connectivity index (χ2n) is 2.23. The van der Waals surface area contributed by atoms with Gasteiger partial charge in [0.2, 0.25) is 0 Å². The molecular formula is C7H10N2O2S. The number of aromatic nitrogens is 1. The van der Waals surface area contributed by atoms with Gasteiger partial charge in [-0.1, -0.05) is 11.3 Å². The van der Waals surface area contributed by atoms with Gasteiger partial charge >= 0.3 is 0 Å². The predicted octanol–water partition coefficient (Wildman–Crippen LogP) is 0.602. The van der Waals surface area contributed by atoms with Gasteiger partial charge in [0.05, 0.1) is 24.2 Å². The lowest BCUT2D eigenvalue weighted by molar-refractivity contribution is 0.100. The van der Waals surface area contributed by atoms with Crippen LogP contribution >= 0.6 is 11.3 Å². The molecule has 1 aromatic rings. The van der Waals surface area contributed by atoms with Crippen molar-refractivity contribution in [3.63, 3.8) is 0 Å². The van der Waals surface area contributed by atoms with Crippen molar-refractivity contribution >= 4 is 17.1 Å². The van der Waals surface area contributed by atoms with Crippen LogP contribution in [-0.2, 0) is 0 Å². The number of methoxy groups -OCH3 is 1. The summed E-state index contributed by atoms with van der Waals surface area (Å²) in [5, 5.41) is 0.504. The van der Waals surface area contributed by atoms with Gasteiger partial charge in [0.15, 0.2) is 5.78 Å². The molecule has 0 atom stereocenters. The molecule has 0 aliphatic rings. The summed E-state index contributed by atoms with van der Waals surface area (Å²) in [6, 6.07) is 0. The Labute approximate surface area is 74.4 Å². The Bertz CT molecular complexity index is 296. The first kappa shape index (κ1) is 9.15. The number of Topliss-reactive ketones (excluding diaryl/α,β-unsaturated/α-hetero) is 1. The van der Waals surface area contributed by atoms with Crippen LogP contribution in [0.4, 0.5) is 0 Å². The third-order valence-corrected chi connectivity index (χ3v) is 2.55. The fourth-order valence-electron chi connectivity index (χ4n) is 0.810.